The van der Waals surface area contributed by atoms with Gasteiger partial charge in [-0.05, 0) is 97.5 Å². The predicted octanol–water partition coefficient (Wildman–Crippen LogP) is 6.52. The van der Waals surface area contributed by atoms with Crippen LogP contribution in [-0.4, -0.2) is 85.2 Å². The molecule has 1 aliphatic rings. The molecule has 4 aromatic rings. The Bertz CT molecular complexity index is 1850. The van der Waals surface area contributed by atoms with E-state index in [2.05, 4.69) is 19.9 Å². The molecular weight excluding hydrogens is 621 g/mol. The first-order valence-corrected chi connectivity index (χ1v) is 20.2. The van der Waals surface area contributed by atoms with Crippen LogP contribution in [0, 0.1) is 6.92 Å². The molecule has 0 unspecified atom stereocenters. The van der Waals surface area contributed by atoms with E-state index in [0.717, 1.165) is 58.5 Å². The highest BCUT2D eigenvalue weighted by Gasteiger charge is 2.32. The summed E-state index contributed by atoms with van der Waals surface area (Å²) in [5.41, 5.74) is 5.89. The Hall–Kier alpha value is -4.08. The number of amides is 2. The van der Waals surface area contributed by atoms with Gasteiger partial charge in [0.15, 0.2) is 5.69 Å². The van der Waals surface area contributed by atoms with E-state index in [1.165, 1.54) is 0 Å². The normalized spacial score (nSPS) is 15.4. The minimum absolute atomic E-state index is 0.106. The zero-order valence-electron chi connectivity index (χ0n) is 29.2. The number of benzene rings is 3. The second-order valence-corrected chi connectivity index (χ2v) is 19.3. The first kappa shape index (κ1) is 35.2. The van der Waals surface area contributed by atoms with E-state index in [0.29, 0.717) is 43.0 Å². The fourth-order valence-corrected chi connectivity index (χ4v) is 7.39. The molecule has 0 saturated heterocycles. The first-order valence-electron chi connectivity index (χ1n) is 17.0. The summed E-state index contributed by atoms with van der Waals surface area (Å²) in [5, 5.41) is 15.2. The van der Waals surface area contributed by atoms with E-state index < -0.39 is 9.07 Å². The Kier molecular flexibility index (Phi) is 10.4. The number of carbonyl (C=O) groups is 2. The van der Waals surface area contributed by atoms with Crippen LogP contribution in [0.4, 0.5) is 0 Å². The Morgan fingerprint density at radius 3 is 2.21 bits per heavy atom. The molecule has 2 heterocycles. The number of rotatable bonds is 12. The molecule has 2 amide bonds. The van der Waals surface area contributed by atoms with Crippen molar-refractivity contribution in [1.29, 1.82) is 0 Å². The highest BCUT2D eigenvalue weighted by Crippen LogP contribution is 2.33. The van der Waals surface area contributed by atoms with Gasteiger partial charge in [0.2, 0.25) is 0 Å². The van der Waals surface area contributed by atoms with Gasteiger partial charge in [-0.25, -0.2) is 4.68 Å². The fraction of sp³-hybridized carbons (Fsp3) is 0.410. The number of aliphatic hydroxyl groups excluding tert-OH is 1. The van der Waals surface area contributed by atoms with Gasteiger partial charge in [-0.3, -0.25) is 13.8 Å². The molecule has 48 heavy (non-hydrogen) atoms. The van der Waals surface area contributed by atoms with E-state index in [-0.39, 0.29) is 24.5 Å². The summed E-state index contributed by atoms with van der Waals surface area (Å²) in [6.45, 7) is 7.69. The SMILES string of the molecule is CCCCN(CCCC)C(=O)c1cc(C)n(-c2ccc(-c3cccc(S(C)(C)(C)=O)c3)cc2C(=O)N2Cc3ccccc3C[C@H]2CO)n1. The largest absolute Gasteiger partial charge is 0.394 e. The molecular formula is C39H50N4O4S. The average molecular weight is 671 g/mol. The van der Waals surface area contributed by atoms with E-state index in [4.69, 9.17) is 5.10 Å². The van der Waals surface area contributed by atoms with Gasteiger partial charge in [-0.2, -0.15) is 5.10 Å². The number of aliphatic hydroxyl groups is 1. The molecule has 0 saturated carbocycles. The summed E-state index contributed by atoms with van der Waals surface area (Å²) < 4.78 is 15.2. The average Bonchev–Trinajstić information content (AvgIpc) is 3.47. The van der Waals surface area contributed by atoms with Crippen LogP contribution in [0.5, 0.6) is 0 Å². The number of nitrogens with zero attached hydrogens (tertiary/aromatic N) is 4. The van der Waals surface area contributed by atoms with Crippen LogP contribution in [0.15, 0.2) is 77.7 Å². The van der Waals surface area contributed by atoms with Crippen molar-refractivity contribution in [3.63, 3.8) is 0 Å². The van der Waals surface area contributed by atoms with Gasteiger partial charge in [0.05, 0.1) is 23.9 Å². The molecule has 1 aliphatic heterocycles. The smallest absolute Gasteiger partial charge is 0.274 e. The van der Waals surface area contributed by atoms with Crippen LogP contribution < -0.4 is 0 Å². The highest BCUT2D eigenvalue weighted by atomic mass is 32.3. The van der Waals surface area contributed by atoms with Gasteiger partial charge in [0.1, 0.15) is 0 Å². The number of hydrogen-bond donors (Lipinski definition) is 1. The van der Waals surface area contributed by atoms with E-state index >= 15 is 0 Å². The minimum Gasteiger partial charge on any atom is -0.394 e. The van der Waals surface area contributed by atoms with Crippen molar-refractivity contribution in [3.8, 4) is 16.8 Å². The number of hydrogen-bond acceptors (Lipinski definition) is 5. The number of aromatic nitrogens is 2. The molecule has 0 spiro atoms. The fourth-order valence-electron chi connectivity index (χ4n) is 6.32. The first-order chi connectivity index (χ1) is 22.8. The molecule has 1 N–H and O–H groups in total. The Morgan fingerprint density at radius 2 is 1.56 bits per heavy atom. The van der Waals surface area contributed by atoms with Gasteiger partial charge in [-0.1, -0.05) is 78.2 Å². The van der Waals surface area contributed by atoms with Crippen LogP contribution in [-0.2, 0) is 22.0 Å². The van der Waals surface area contributed by atoms with Crippen LogP contribution >= 0.6 is 0 Å². The third-order valence-electron chi connectivity index (χ3n) is 9.21. The van der Waals surface area contributed by atoms with Crippen LogP contribution in [0.25, 0.3) is 16.8 Å². The molecule has 1 aromatic heterocycles. The quantitative estimate of drug-likeness (QED) is 0.185. The van der Waals surface area contributed by atoms with Crippen LogP contribution in [0.1, 0.15) is 77.2 Å². The third kappa shape index (κ3) is 7.63. The lowest BCUT2D eigenvalue weighted by atomic mass is 9.93. The zero-order chi connectivity index (χ0) is 34.7. The van der Waals surface area contributed by atoms with Crippen molar-refractivity contribution >= 4 is 20.9 Å². The maximum atomic E-state index is 14.7. The second kappa shape index (κ2) is 14.2. The monoisotopic (exact) mass is 670 g/mol. The maximum absolute atomic E-state index is 14.7. The van der Waals surface area contributed by atoms with Crippen molar-refractivity contribution in [2.75, 3.05) is 38.5 Å². The van der Waals surface area contributed by atoms with Crippen molar-refractivity contribution in [2.24, 2.45) is 0 Å². The van der Waals surface area contributed by atoms with Crippen molar-refractivity contribution < 1.29 is 18.9 Å². The topological polar surface area (TPSA) is 95.7 Å². The summed E-state index contributed by atoms with van der Waals surface area (Å²) in [6, 6.07) is 22.8. The minimum atomic E-state index is -3.03. The van der Waals surface area contributed by atoms with Crippen molar-refractivity contribution in [2.45, 2.75) is 70.4 Å². The molecule has 0 radical (unpaired) electrons. The lowest BCUT2D eigenvalue weighted by Gasteiger charge is -2.36. The van der Waals surface area contributed by atoms with Crippen LogP contribution in [0.3, 0.4) is 0 Å². The van der Waals surface area contributed by atoms with Crippen molar-refractivity contribution in [3.05, 3.63) is 101 Å². The summed E-state index contributed by atoms with van der Waals surface area (Å²) in [7, 11) is -3.03. The van der Waals surface area contributed by atoms with Gasteiger partial charge in [-0.15, -0.1) is 0 Å². The Morgan fingerprint density at radius 1 is 0.896 bits per heavy atom. The number of unbranched alkanes of at least 4 members (excludes halogenated alkanes) is 2. The van der Waals surface area contributed by atoms with Gasteiger partial charge in [0.25, 0.3) is 11.8 Å². The lowest BCUT2D eigenvalue weighted by Crippen LogP contribution is -2.46. The van der Waals surface area contributed by atoms with Gasteiger partial charge < -0.3 is 14.9 Å². The van der Waals surface area contributed by atoms with Crippen LogP contribution in [0.2, 0.25) is 0 Å². The summed E-state index contributed by atoms with van der Waals surface area (Å²) in [5.74, 6) is -0.333. The standard InChI is InChI=1S/C39H50N4O4S/c1-7-9-20-41(21-10-8-2)39(46)36-22-28(3)43(40-36)37-19-18-31(30-16-13-17-34(24-30)48(4,5,6)47)25-35(37)38(45)42-26-32-15-12-11-14-29(32)23-33(42)27-44/h11-19,22,24-25,33,44H,7-10,20-21,23,26-27H2,1-6H3/t33-/m0/s1. The van der Waals surface area contributed by atoms with Gasteiger partial charge >= 0.3 is 0 Å². The Labute approximate surface area is 285 Å². The maximum Gasteiger partial charge on any atom is 0.274 e. The highest BCUT2D eigenvalue weighted by molar-refractivity contribution is 8.18. The van der Waals surface area contributed by atoms with Gasteiger partial charge in [0, 0.05) is 30.2 Å². The third-order valence-corrected chi connectivity index (χ3v) is 11.1. The molecule has 256 valence electrons. The molecule has 1 atom stereocenters. The van der Waals surface area contributed by atoms with Crippen molar-refractivity contribution in [1.82, 2.24) is 19.6 Å². The molecule has 5 rings (SSSR count). The number of aryl methyl sites for hydroxylation is 1. The molecule has 8 nitrogen and oxygen atoms in total. The second-order valence-electron chi connectivity index (χ2n) is 14.0. The molecule has 9 heteroatoms. The van der Waals surface area contributed by atoms with E-state index in [9.17, 15) is 18.9 Å². The predicted molar refractivity (Wildman–Crippen MR) is 195 cm³/mol. The molecule has 3 aromatic carbocycles. The lowest BCUT2D eigenvalue weighted by molar-refractivity contribution is 0.0544. The molecule has 0 fully saturated rings. The molecule has 0 bridgehead atoms. The van der Waals surface area contributed by atoms with E-state index in [1.807, 2.05) is 72.5 Å². The molecule has 0 aliphatic carbocycles. The number of carbonyl (C=O) groups excluding carboxylic acids is 2. The summed E-state index contributed by atoms with van der Waals surface area (Å²) in [6.07, 6.45) is 9.68. The Balaban J connectivity index is 1.62. The zero-order valence-corrected chi connectivity index (χ0v) is 30.1. The number of fused-ring (bicyclic) bond motifs is 1. The summed E-state index contributed by atoms with van der Waals surface area (Å²) in [4.78, 5) is 32.8. The van der Waals surface area contributed by atoms with E-state index in [1.54, 1.807) is 34.4 Å². The summed E-state index contributed by atoms with van der Waals surface area (Å²) >= 11 is 0.